The first kappa shape index (κ1) is 16.5. The van der Waals surface area contributed by atoms with E-state index >= 15 is 0 Å². The Labute approximate surface area is 151 Å². The van der Waals surface area contributed by atoms with Gasteiger partial charge in [-0.25, -0.2) is 4.79 Å². The van der Waals surface area contributed by atoms with Gasteiger partial charge in [0.2, 0.25) is 0 Å². The monoisotopic (exact) mass is 348 g/mol. The maximum absolute atomic E-state index is 12.0. The molecule has 0 fully saturated rings. The van der Waals surface area contributed by atoms with Crippen LogP contribution in [-0.2, 0) is 6.42 Å². The summed E-state index contributed by atoms with van der Waals surface area (Å²) in [6, 6.07) is 11.6. The summed E-state index contributed by atoms with van der Waals surface area (Å²) >= 11 is 0. The van der Waals surface area contributed by atoms with Crippen LogP contribution in [0.2, 0.25) is 0 Å². The predicted molar refractivity (Wildman–Crippen MR) is 103 cm³/mol. The lowest BCUT2D eigenvalue weighted by atomic mass is 9.98. The molecule has 0 saturated carbocycles. The number of fused-ring (bicyclic) bond motifs is 2. The second-order valence-corrected chi connectivity index (χ2v) is 6.48. The lowest BCUT2D eigenvalue weighted by molar-refractivity contribution is 0.415. The Morgan fingerprint density at radius 1 is 1.08 bits per heavy atom. The lowest BCUT2D eigenvalue weighted by Gasteiger charge is -2.08. The summed E-state index contributed by atoms with van der Waals surface area (Å²) in [5.41, 5.74) is 4.92. The highest BCUT2D eigenvalue weighted by molar-refractivity contribution is 6.04. The summed E-state index contributed by atoms with van der Waals surface area (Å²) in [4.78, 5) is 12.0. The van der Waals surface area contributed by atoms with Gasteiger partial charge in [0.1, 0.15) is 16.9 Å². The van der Waals surface area contributed by atoms with Crippen molar-refractivity contribution < 1.29 is 13.6 Å². The van der Waals surface area contributed by atoms with Crippen molar-refractivity contribution in [2.45, 2.75) is 26.7 Å². The molecule has 2 aromatic carbocycles. The molecule has 132 valence electrons. The molecule has 0 N–H and O–H groups in total. The van der Waals surface area contributed by atoms with E-state index in [1.54, 1.807) is 19.4 Å². The van der Waals surface area contributed by atoms with E-state index in [0.29, 0.717) is 5.58 Å². The van der Waals surface area contributed by atoms with E-state index in [0.717, 1.165) is 57.2 Å². The van der Waals surface area contributed by atoms with Gasteiger partial charge in [-0.05, 0) is 42.7 Å². The van der Waals surface area contributed by atoms with Crippen LogP contribution in [-0.4, -0.2) is 7.11 Å². The predicted octanol–water partition coefficient (Wildman–Crippen LogP) is 5.48. The quantitative estimate of drug-likeness (QED) is 0.459. The number of aryl methyl sites for hydroxylation is 2. The number of ether oxygens (including phenoxy) is 1. The van der Waals surface area contributed by atoms with Crippen molar-refractivity contribution in [3.63, 3.8) is 0 Å². The van der Waals surface area contributed by atoms with Gasteiger partial charge in [-0.2, -0.15) is 0 Å². The third-order valence-electron chi connectivity index (χ3n) is 4.78. The molecule has 0 spiro atoms. The molecule has 0 unspecified atom stereocenters. The Bertz CT molecular complexity index is 1160. The molecular weight excluding hydrogens is 328 g/mol. The summed E-state index contributed by atoms with van der Waals surface area (Å²) in [5, 5.41) is 1.98. The van der Waals surface area contributed by atoms with Crippen molar-refractivity contribution in [2.24, 2.45) is 0 Å². The average molecular weight is 348 g/mol. The third-order valence-corrected chi connectivity index (χ3v) is 4.78. The number of methoxy groups -OCH3 is 1. The fourth-order valence-corrected chi connectivity index (χ4v) is 3.53. The van der Waals surface area contributed by atoms with Crippen LogP contribution >= 0.6 is 0 Å². The first-order chi connectivity index (χ1) is 12.6. The molecule has 26 heavy (non-hydrogen) atoms. The number of hydrogen-bond donors (Lipinski definition) is 0. The van der Waals surface area contributed by atoms with Crippen LogP contribution in [0.3, 0.4) is 0 Å². The summed E-state index contributed by atoms with van der Waals surface area (Å²) < 4.78 is 16.7. The second kappa shape index (κ2) is 6.37. The molecule has 0 aliphatic heterocycles. The highest BCUT2D eigenvalue weighted by Gasteiger charge is 2.17. The van der Waals surface area contributed by atoms with Crippen LogP contribution < -0.4 is 10.4 Å². The van der Waals surface area contributed by atoms with Crippen LogP contribution in [0.15, 0.2) is 56.3 Å². The van der Waals surface area contributed by atoms with E-state index < -0.39 is 0 Å². The third kappa shape index (κ3) is 2.58. The van der Waals surface area contributed by atoms with Crippen LogP contribution in [0, 0.1) is 6.92 Å². The zero-order chi connectivity index (χ0) is 18.3. The number of furan rings is 1. The van der Waals surface area contributed by atoms with Crippen molar-refractivity contribution >= 4 is 21.9 Å². The summed E-state index contributed by atoms with van der Waals surface area (Å²) in [5.74, 6) is 0.798. The van der Waals surface area contributed by atoms with Crippen molar-refractivity contribution in [2.75, 3.05) is 7.11 Å². The Morgan fingerprint density at radius 2 is 1.92 bits per heavy atom. The zero-order valence-corrected chi connectivity index (χ0v) is 15.1. The Hall–Kier alpha value is -3.01. The minimum Gasteiger partial charge on any atom is -0.497 e. The molecule has 0 saturated heterocycles. The molecule has 4 heteroatoms. The van der Waals surface area contributed by atoms with Gasteiger partial charge < -0.3 is 13.6 Å². The van der Waals surface area contributed by atoms with E-state index in [4.69, 9.17) is 13.6 Å². The minimum atomic E-state index is -0.317. The van der Waals surface area contributed by atoms with Crippen LogP contribution in [0.5, 0.6) is 5.75 Å². The smallest absolute Gasteiger partial charge is 0.336 e. The second-order valence-electron chi connectivity index (χ2n) is 6.48. The van der Waals surface area contributed by atoms with Gasteiger partial charge in [0.25, 0.3) is 0 Å². The Balaban J connectivity index is 2.05. The molecule has 0 bridgehead atoms. The fourth-order valence-electron chi connectivity index (χ4n) is 3.53. The van der Waals surface area contributed by atoms with Gasteiger partial charge in [0, 0.05) is 28.0 Å². The highest BCUT2D eigenvalue weighted by Crippen LogP contribution is 2.37. The van der Waals surface area contributed by atoms with Crippen LogP contribution in [0.25, 0.3) is 33.1 Å². The van der Waals surface area contributed by atoms with Crippen LogP contribution in [0.4, 0.5) is 0 Å². The van der Waals surface area contributed by atoms with Gasteiger partial charge in [0.05, 0.1) is 13.4 Å². The molecule has 2 heterocycles. The standard InChI is InChI=1S/C22H20O4/c1-4-6-14-10-20(23)26-22-13(2)21-18(11-17(14)22)19(12-25-21)15-7-5-8-16(9-15)24-3/h5,7-12H,4,6H2,1-3H3. The SMILES string of the molecule is CCCc1cc(=O)oc2c(C)c3occ(-c4cccc(OC)c4)c3cc12. The topological polar surface area (TPSA) is 52.6 Å². The largest absolute Gasteiger partial charge is 0.497 e. The van der Waals surface area contributed by atoms with Crippen molar-refractivity contribution in [1.82, 2.24) is 0 Å². The minimum absolute atomic E-state index is 0.317. The van der Waals surface area contributed by atoms with E-state index in [1.165, 1.54) is 0 Å². The summed E-state index contributed by atoms with van der Waals surface area (Å²) in [7, 11) is 1.66. The normalized spacial score (nSPS) is 11.3. The summed E-state index contributed by atoms with van der Waals surface area (Å²) in [6.07, 6.45) is 3.55. The lowest BCUT2D eigenvalue weighted by Crippen LogP contribution is -2.01. The number of rotatable bonds is 4. The average Bonchev–Trinajstić information content (AvgIpc) is 3.07. The van der Waals surface area contributed by atoms with Gasteiger partial charge in [-0.1, -0.05) is 25.5 Å². The van der Waals surface area contributed by atoms with Crippen molar-refractivity contribution in [3.8, 4) is 16.9 Å². The molecule has 0 aliphatic rings. The Morgan fingerprint density at radius 3 is 2.69 bits per heavy atom. The van der Waals surface area contributed by atoms with Crippen molar-refractivity contribution in [3.05, 3.63) is 64.2 Å². The molecule has 2 aromatic heterocycles. The zero-order valence-electron chi connectivity index (χ0n) is 15.1. The van der Waals surface area contributed by atoms with Crippen molar-refractivity contribution in [1.29, 1.82) is 0 Å². The van der Waals surface area contributed by atoms with Gasteiger partial charge in [-0.3, -0.25) is 0 Å². The van der Waals surface area contributed by atoms with E-state index in [1.807, 2.05) is 31.2 Å². The first-order valence-corrected chi connectivity index (χ1v) is 8.74. The fraction of sp³-hybridized carbons (Fsp3) is 0.227. The number of benzene rings is 2. The molecule has 4 aromatic rings. The molecule has 4 rings (SSSR count). The van der Waals surface area contributed by atoms with E-state index in [-0.39, 0.29) is 5.63 Å². The van der Waals surface area contributed by atoms with E-state index in [9.17, 15) is 4.79 Å². The van der Waals surface area contributed by atoms with Crippen LogP contribution in [0.1, 0.15) is 24.5 Å². The maximum Gasteiger partial charge on any atom is 0.336 e. The molecule has 0 radical (unpaired) electrons. The van der Waals surface area contributed by atoms with Gasteiger partial charge in [-0.15, -0.1) is 0 Å². The molecular formula is C22H20O4. The maximum atomic E-state index is 12.0. The number of hydrogen-bond acceptors (Lipinski definition) is 4. The molecule has 4 nitrogen and oxygen atoms in total. The van der Waals surface area contributed by atoms with Gasteiger partial charge in [0.15, 0.2) is 0 Å². The summed E-state index contributed by atoms with van der Waals surface area (Å²) in [6.45, 7) is 4.04. The van der Waals surface area contributed by atoms with Gasteiger partial charge >= 0.3 is 5.63 Å². The molecule has 0 aliphatic carbocycles. The Kier molecular flexibility index (Phi) is 4.03. The highest BCUT2D eigenvalue weighted by atomic mass is 16.5. The first-order valence-electron chi connectivity index (χ1n) is 8.74. The molecule has 0 amide bonds. The molecule has 0 atom stereocenters. The van der Waals surface area contributed by atoms with E-state index in [2.05, 4.69) is 13.0 Å².